The number of non-ortho nitro benzene ring substituents is 1. The number of amides is 1. The summed E-state index contributed by atoms with van der Waals surface area (Å²) in [6.45, 7) is 1.21. The number of aromatic nitrogens is 2. The minimum atomic E-state index is -0.685. The fourth-order valence-corrected chi connectivity index (χ4v) is 2.38. The quantitative estimate of drug-likeness (QED) is 0.586. The number of halogens is 1. The molecule has 11 nitrogen and oxygen atoms in total. The first kappa shape index (κ1) is 18.0. The Morgan fingerprint density at radius 2 is 2.08 bits per heavy atom. The molecule has 0 aliphatic carbocycles. The molecule has 1 aromatic heterocycles. The Kier molecular flexibility index (Phi) is 5.08. The molecule has 25 heavy (non-hydrogen) atoms. The van der Waals surface area contributed by atoms with Crippen LogP contribution in [0.2, 0.25) is 0 Å². The van der Waals surface area contributed by atoms with Gasteiger partial charge >= 0.3 is 5.82 Å². The standard InChI is InChI=1S/C13H9BrN6O5/c1-7-12(14)13(20(24)25)17-18(7)6-11(21)16-10-3-2-9(19(22)23)4-8(10)5-15/h2-4H,6H2,1H3,(H,16,21). The van der Waals surface area contributed by atoms with Crippen LogP contribution in [0.5, 0.6) is 0 Å². The summed E-state index contributed by atoms with van der Waals surface area (Å²) in [4.78, 5) is 32.3. The largest absolute Gasteiger partial charge is 0.404 e. The number of nitriles is 1. The van der Waals surface area contributed by atoms with Gasteiger partial charge in [0.25, 0.3) is 5.69 Å². The number of hydrogen-bond acceptors (Lipinski definition) is 7. The van der Waals surface area contributed by atoms with Crippen LogP contribution >= 0.6 is 15.9 Å². The molecular formula is C13H9BrN6O5. The van der Waals surface area contributed by atoms with Crippen LogP contribution in [0, 0.1) is 38.5 Å². The molecule has 1 aromatic carbocycles. The topological polar surface area (TPSA) is 157 Å². The SMILES string of the molecule is Cc1c(Br)c([N+](=O)[O-])nn1CC(=O)Nc1ccc([N+](=O)[O-])cc1C#N. The summed E-state index contributed by atoms with van der Waals surface area (Å²) in [5, 5.41) is 36.8. The molecule has 1 amide bonds. The predicted octanol–water partition coefficient (Wildman–Crippen LogP) is 2.28. The highest BCUT2D eigenvalue weighted by Crippen LogP contribution is 2.27. The Hall–Kier alpha value is -3.33. The van der Waals surface area contributed by atoms with E-state index in [1.165, 1.54) is 6.07 Å². The molecule has 0 aliphatic heterocycles. The van der Waals surface area contributed by atoms with Gasteiger partial charge in [-0.05, 0) is 33.8 Å². The van der Waals surface area contributed by atoms with E-state index in [-0.39, 0.29) is 28.0 Å². The Bertz CT molecular complexity index is 932. The van der Waals surface area contributed by atoms with Crippen molar-refractivity contribution >= 4 is 39.0 Å². The number of anilines is 1. The van der Waals surface area contributed by atoms with Gasteiger partial charge < -0.3 is 15.4 Å². The number of carbonyl (C=O) groups is 1. The van der Waals surface area contributed by atoms with E-state index in [1.54, 1.807) is 13.0 Å². The smallest absolute Gasteiger partial charge is 0.358 e. The molecule has 0 atom stereocenters. The van der Waals surface area contributed by atoms with E-state index in [4.69, 9.17) is 5.26 Å². The number of hydrogen-bond donors (Lipinski definition) is 1. The highest BCUT2D eigenvalue weighted by atomic mass is 79.9. The molecule has 0 bridgehead atoms. The summed E-state index contributed by atoms with van der Waals surface area (Å²) in [6.07, 6.45) is 0. The maximum Gasteiger partial charge on any atom is 0.404 e. The third-order valence-electron chi connectivity index (χ3n) is 3.19. The molecule has 0 spiro atoms. The van der Waals surface area contributed by atoms with E-state index >= 15 is 0 Å². The lowest BCUT2D eigenvalue weighted by atomic mass is 10.1. The van der Waals surface area contributed by atoms with Crippen LogP contribution in [0.4, 0.5) is 17.2 Å². The van der Waals surface area contributed by atoms with Crippen molar-refractivity contribution in [3.8, 4) is 6.07 Å². The minimum absolute atomic E-state index is 0.0769. The zero-order valence-electron chi connectivity index (χ0n) is 12.6. The monoisotopic (exact) mass is 408 g/mol. The fourth-order valence-electron chi connectivity index (χ4n) is 1.95. The number of nitro benzene ring substituents is 1. The molecule has 0 radical (unpaired) electrons. The molecule has 0 aliphatic rings. The summed E-state index contributed by atoms with van der Waals surface area (Å²) in [5.74, 6) is -1.02. The summed E-state index contributed by atoms with van der Waals surface area (Å²) in [5.41, 5.74) is 0.117. The third-order valence-corrected chi connectivity index (χ3v) is 4.12. The molecule has 0 fully saturated rings. The van der Waals surface area contributed by atoms with Gasteiger partial charge in [0, 0.05) is 12.1 Å². The molecule has 0 saturated heterocycles. The molecule has 1 heterocycles. The van der Waals surface area contributed by atoms with Crippen molar-refractivity contribution in [3.63, 3.8) is 0 Å². The van der Waals surface area contributed by atoms with E-state index in [0.717, 1.165) is 16.8 Å². The first-order valence-electron chi connectivity index (χ1n) is 6.60. The lowest BCUT2D eigenvalue weighted by Crippen LogP contribution is -2.21. The first-order valence-corrected chi connectivity index (χ1v) is 7.39. The first-order chi connectivity index (χ1) is 11.7. The number of carbonyl (C=O) groups excluding carboxylic acids is 1. The van der Waals surface area contributed by atoms with Crippen LogP contribution in [0.25, 0.3) is 0 Å². The van der Waals surface area contributed by atoms with Crippen molar-refractivity contribution in [2.24, 2.45) is 0 Å². The summed E-state index contributed by atoms with van der Waals surface area (Å²) in [6, 6.07) is 5.19. The highest BCUT2D eigenvalue weighted by molar-refractivity contribution is 9.10. The Morgan fingerprint density at radius 3 is 2.60 bits per heavy atom. The van der Waals surface area contributed by atoms with Gasteiger partial charge in [0.2, 0.25) is 5.91 Å². The van der Waals surface area contributed by atoms with E-state index in [1.807, 2.05) is 0 Å². The fraction of sp³-hybridized carbons (Fsp3) is 0.154. The number of nitrogens with zero attached hydrogens (tertiary/aromatic N) is 5. The maximum atomic E-state index is 12.1. The van der Waals surface area contributed by atoms with Crippen LogP contribution in [0.15, 0.2) is 22.7 Å². The second-order valence-corrected chi connectivity index (χ2v) is 5.58. The highest BCUT2D eigenvalue weighted by Gasteiger charge is 2.24. The van der Waals surface area contributed by atoms with E-state index in [0.29, 0.717) is 5.69 Å². The average Bonchev–Trinajstić information content (AvgIpc) is 2.83. The van der Waals surface area contributed by atoms with E-state index < -0.39 is 21.6 Å². The molecule has 0 unspecified atom stereocenters. The van der Waals surface area contributed by atoms with Crippen molar-refractivity contribution in [2.75, 3.05) is 5.32 Å². The van der Waals surface area contributed by atoms with Crippen LogP contribution in [0.3, 0.4) is 0 Å². The lowest BCUT2D eigenvalue weighted by Gasteiger charge is -2.06. The molecule has 0 saturated carbocycles. The molecule has 12 heteroatoms. The van der Waals surface area contributed by atoms with Crippen molar-refractivity contribution < 1.29 is 14.6 Å². The lowest BCUT2D eigenvalue weighted by molar-refractivity contribution is -0.390. The van der Waals surface area contributed by atoms with Crippen molar-refractivity contribution in [3.05, 3.63) is 54.2 Å². The van der Waals surface area contributed by atoms with Crippen molar-refractivity contribution in [2.45, 2.75) is 13.5 Å². The van der Waals surface area contributed by atoms with Gasteiger partial charge in [0.15, 0.2) is 0 Å². The minimum Gasteiger partial charge on any atom is -0.358 e. The number of benzene rings is 1. The van der Waals surface area contributed by atoms with E-state index in [9.17, 15) is 25.0 Å². The number of nitro groups is 2. The Labute approximate surface area is 148 Å². The molecule has 2 aromatic rings. The van der Waals surface area contributed by atoms with Crippen LogP contribution in [0.1, 0.15) is 11.3 Å². The third kappa shape index (κ3) is 3.78. The van der Waals surface area contributed by atoms with Gasteiger partial charge in [-0.25, -0.2) is 0 Å². The molecule has 2 rings (SSSR count). The zero-order chi connectivity index (χ0) is 18.7. The van der Waals surface area contributed by atoms with Gasteiger partial charge in [-0.3, -0.25) is 14.9 Å². The number of rotatable bonds is 5. The maximum absolute atomic E-state index is 12.1. The van der Waals surface area contributed by atoms with Crippen LogP contribution in [-0.4, -0.2) is 25.5 Å². The van der Waals surface area contributed by atoms with Crippen LogP contribution in [-0.2, 0) is 11.3 Å². The van der Waals surface area contributed by atoms with Crippen molar-refractivity contribution in [1.82, 2.24) is 9.78 Å². The average molecular weight is 409 g/mol. The molecule has 128 valence electrons. The molecule has 1 N–H and O–H groups in total. The normalized spacial score (nSPS) is 10.1. The van der Waals surface area contributed by atoms with E-state index in [2.05, 4.69) is 26.3 Å². The molecular weight excluding hydrogens is 400 g/mol. The van der Waals surface area contributed by atoms with Crippen LogP contribution < -0.4 is 5.32 Å². The second-order valence-electron chi connectivity index (χ2n) is 4.78. The Balaban J connectivity index is 2.22. The zero-order valence-corrected chi connectivity index (χ0v) is 14.2. The van der Waals surface area contributed by atoms with Gasteiger partial charge in [-0.15, -0.1) is 0 Å². The summed E-state index contributed by atoms with van der Waals surface area (Å²) >= 11 is 3.04. The predicted molar refractivity (Wildman–Crippen MR) is 87.8 cm³/mol. The van der Waals surface area contributed by atoms with Gasteiger partial charge in [0.05, 0.1) is 27.0 Å². The van der Waals surface area contributed by atoms with Gasteiger partial charge in [-0.1, -0.05) is 0 Å². The van der Waals surface area contributed by atoms with Gasteiger partial charge in [-0.2, -0.15) is 9.94 Å². The summed E-state index contributed by atoms with van der Waals surface area (Å²) < 4.78 is 1.30. The number of nitrogens with one attached hydrogen (secondary N) is 1. The summed E-state index contributed by atoms with van der Waals surface area (Å²) in [7, 11) is 0. The van der Waals surface area contributed by atoms with Crippen molar-refractivity contribution in [1.29, 1.82) is 5.26 Å². The Morgan fingerprint density at radius 1 is 1.40 bits per heavy atom. The van der Waals surface area contributed by atoms with Gasteiger partial charge in [0.1, 0.15) is 17.1 Å². The second kappa shape index (κ2) is 7.05.